The van der Waals surface area contributed by atoms with Crippen molar-refractivity contribution in [1.29, 1.82) is 0 Å². The molecular formula is C17H16ClN3O4. The molecule has 0 aliphatic carbocycles. The van der Waals surface area contributed by atoms with Gasteiger partial charge in [-0.25, -0.2) is 5.43 Å². The SMILES string of the molecule is Cc1ccc(OCC(=O)N/N=C/c2cc([N+](=O)[O-])ccc2Cl)c(C)c1. The summed E-state index contributed by atoms with van der Waals surface area (Å²) in [7, 11) is 0. The summed E-state index contributed by atoms with van der Waals surface area (Å²) in [6, 6.07) is 9.59. The zero-order valence-corrected chi connectivity index (χ0v) is 14.4. The van der Waals surface area contributed by atoms with Crippen LogP contribution in [0.1, 0.15) is 16.7 Å². The lowest BCUT2D eigenvalue weighted by molar-refractivity contribution is -0.384. The van der Waals surface area contributed by atoms with E-state index in [2.05, 4.69) is 10.5 Å². The third-order valence-electron chi connectivity index (χ3n) is 3.27. The van der Waals surface area contributed by atoms with Crippen LogP contribution in [0.15, 0.2) is 41.5 Å². The molecule has 2 aromatic rings. The van der Waals surface area contributed by atoms with Crippen molar-refractivity contribution >= 4 is 29.4 Å². The summed E-state index contributed by atoms with van der Waals surface area (Å²) >= 11 is 5.94. The van der Waals surface area contributed by atoms with E-state index in [1.54, 1.807) is 6.07 Å². The van der Waals surface area contributed by atoms with E-state index in [0.29, 0.717) is 11.3 Å². The van der Waals surface area contributed by atoms with Crippen LogP contribution in [0.5, 0.6) is 5.75 Å². The van der Waals surface area contributed by atoms with Gasteiger partial charge in [0.2, 0.25) is 0 Å². The highest BCUT2D eigenvalue weighted by atomic mass is 35.5. The van der Waals surface area contributed by atoms with E-state index in [9.17, 15) is 14.9 Å². The minimum absolute atomic E-state index is 0.115. The second kappa shape index (κ2) is 8.25. The van der Waals surface area contributed by atoms with Crippen LogP contribution in [0.3, 0.4) is 0 Å². The summed E-state index contributed by atoms with van der Waals surface area (Å²) < 4.78 is 5.43. The molecule has 0 fully saturated rings. The molecule has 7 nitrogen and oxygen atoms in total. The number of aryl methyl sites for hydroxylation is 2. The first-order valence-corrected chi connectivity index (χ1v) is 7.70. The number of rotatable bonds is 6. The van der Waals surface area contributed by atoms with E-state index >= 15 is 0 Å². The van der Waals surface area contributed by atoms with E-state index in [4.69, 9.17) is 16.3 Å². The van der Waals surface area contributed by atoms with Gasteiger partial charge in [0, 0.05) is 22.7 Å². The van der Waals surface area contributed by atoms with Crippen LogP contribution in [-0.2, 0) is 4.79 Å². The molecule has 0 aliphatic heterocycles. The topological polar surface area (TPSA) is 93.8 Å². The van der Waals surface area contributed by atoms with E-state index in [1.165, 1.54) is 24.4 Å². The fraction of sp³-hybridized carbons (Fsp3) is 0.176. The third kappa shape index (κ3) is 5.29. The number of hydrazone groups is 1. The quantitative estimate of drug-likeness (QED) is 0.484. The molecule has 25 heavy (non-hydrogen) atoms. The van der Waals surface area contributed by atoms with Crippen LogP contribution in [-0.4, -0.2) is 23.7 Å². The zero-order valence-electron chi connectivity index (χ0n) is 13.7. The number of nitrogens with zero attached hydrogens (tertiary/aromatic N) is 2. The average Bonchev–Trinajstić information content (AvgIpc) is 2.55. The summed E-state index contributed by atoms with van der Waals surface area (Å²) in [4.78, 5) is 22.0. The summed E-state index contributed by atoms with van der Waals surface area (Å²) in [5.41, 5.74) is 4.53. The Morgan fingerprint density at radius 2 is 2.08 bits per heavy atom. The molecule has 2 aromatic carbocycles. The van der Waals surface area contributed by atoms with Gasteiger partial charge >= 0.3 is 0 Å². The van der Waals surface area contributed by atoms with Crippen molar-refractivity contribution < 1.29 is 14.5 Å². The van der Waals surface area contributed by atoms with Crippen LogP contribution in [0, 0.1) is 24.0 Å². The highest BCUT2D eigenvalue weighted by Gasteiger charge is 2.08. The second-order valence-corrected chi connectivity index (χ2v) is 5.72. The number of hydrogen-bond acceptors (Lipinski definition) is 5. The largest absolute Gasteiger partial charge is 0.483 e. The zero-order chi connectivity index (χ0) is 18.4. The van der Waals surface area contributed by atoms with Crippen molar-refractivity contribution in [2.75, 3.05) is 6.61 Å². The van der Waals surface area contributed by atoms with Gasteiger partial charge in [0.15, 0.2) is 6.61 Å². The Kier molecular flexibility index (Phi) is 6.08. The first kappa shape index (κ1) is 18.4. The lowest BCUT2D eigenvalue weighted by Crippen LogP contribution is -2.24. The Hall–Kier alpha value is -2.93. The van der Waals surface area contributed by atoms with Crippen LogP contribution in [0.25, 0.3) is 0 Å². The normalized spacial score (nSPS) is 10.7. The van der Waals surface area contributed by atoms with Crippen LogP contribution >= 0.6 is 11.6 Å². The molecule has 0 unspecified atom stereocenters. The Balaban J connectivity index is 1.92. The van der Waals surface area contributed by atoms with Gasteiger partial charge in [-0.05, 0) is 31.5 Å². The molecule has 130 valence electrons. The van der Waals surface area contributed by atoms with E-state index < -0.39 is 10.8 Å². The molecule has 0 aliphatic rings. The molecule has 0 radical (unpaired) electrons. The number of nitro benzene ring substituents is 1. The molecule has 0 bridgehead atoms. The van der Waals surface area contributed by atoms with Crippen molar-refractivity contribution in [3.05, 3.63) is 68.2 Å². The monoisotopic (exact) mass is 361 g/mol. The summed E-state index contributed by atoms with van der Waals surface area (Å²) in [6.07, 6.45) is 1.24. The number of benzene rings is 2. The lowest BCUT2D eigenvalue weighted by Gasteiger charge is -2.08. The maximum absolute atomic E-state index is 11.8. The van der Waals surface area contributed by atoms with Gasteiger partial charge in [-0.1, -0.05) is 29.3 Å². The minimum atomic E-state index is -0.538. The molecule has 0 aromatic heterocycles. The second-order valence-electron chi connectivity index (χ2n) is 5.31. The molecule has 8 heteroatoms. The van der Waals surface area contributed by atoms with Crippen molar-refractivity contribution in [2.45, 2.75) is 13.8 Å². The maximum Gasteiger partial charge on any atom is 0.277 e. The van der Waals surface area contributed by atoms with Crippen molar-refractivity contribution in [3.63, 3.8) is 0 Å². The minimum Gasteiger partial charge on any atom is -0.483 e. The first-order chi connectivity index (χ1) is 11.9. The maximum atomic E-state index is 11.8. The third-order valence-corrected chi connectivity index (χ3v) is 3.62. The number of halogens is 1. The Labute approximate surface area is 149 Å². The Bertz CT molecular complexity index is 837. The number of hydrogen-bond donors (Lipinski definition) is 1. The summed E-state index contributed by atoms with van der Waals surface area (Å²) in [6.45, 7) is 3.66. The Morgan fingerprint density at radius 3 is 2.76 bits per heavy atom. The van der Waals surface area contributed by atoms with Gasteiger partial charge in [-0.2, -0.15) is 5.10 Å². The number of nitro groups is 1. The van der Waals surface area contributed by atoms with Crippen LogP contribution in [0.2, 0.25) is 5.02 Å². The molecule has 0 atom stereocenters. The van der Waals surface area contributed by atoms with Crippen LogP contribution < -0.4 is 10.2 Å². The van der Waals surface area contributed by atoms with Crippen molar-refractivity contribution in [2.24, 2.45) is 5.10 Å². The molecule has 0 saturated heterocycles. The fourth-order valence-electron chi connectivity index (χ4n) is 2.05. The molecule has 1 amide bonds. The van der Waals surface area contributed by atoms with E-state index in [1.807, 2.05) is 26.0 Å². The number of carbonyl (C=O) groups is 1. The fourth-order valence-corrected chi connectivity index (χ4v) is 2.22. The van der Waals surface area contributed by atoms with Gasteiger partial charge in [-0.15, -0.1) is 0 Å². The van der Waals surface area contributed by atoms with Gasteiger partial charge in [0.1, 0.15) is 5.75 Å². The van der Waals surface area contributed by atoms with Gasteiger partial charge < -0.3 is 4.74 Å². The molecule has 0 saturated carbocycles. The number of carbonyl (C=O) groups excluding carboxylic acids is 1. The lowest BCUT2D eigenvalue weighted by atomic mass is 10.1. The van der Waals surface area contributed by atoms with Gasteiger partial charge in [0.05, 0.1) is 11.1 Å². The smallest absolute Gasteiger partial charge is 0.277 e. The van der Waals surface area contributed by atoms with Crippen molar-refractivity contribution in [3.8, 4) is 5.75 Å². The predicted molar refractivity (Wildman–Crippen MR) is 95.3 cm³/mol. The molecule has 2 rings (SSSR count). The average molecular weight is 362 g/mol. The molecule has 1 N–H and O–H groups in total. The number of non-ortho nitro benzene ring substituents is 1. The summed E-state index contributed by atoms with van der Waals surface area (Å²) in [5.74, 6) is 0.157. The Morgan fingerprint density at radius 1 is 1.32 bits per heavy atom. The number of ether oxygens (including phenoxy) is 1. The molecular weight excluding hydrogens is 346 g/mol. The standard InChI is InChI=1S/C17H16ClN3O4/c1-11-3-6-16(12(2)7-11)25-10-17(22)20-19-9-13-8-14(21(23)24)4-5-15(13)18/h3-9H,10H2,1-2H3,(H,20,22)/b19-9+. The van der Waals surface area contributed by atoms with E-state index in [-0.39, 0.29) is 17.3 Å². The van der Waals surface area contributed by atoms with Crippen LogP contribution in [0.4, 0.5) is 5.69 Å². The van der Waals surface area contributed by atoms with Gasteiger partial charge in [0.25, 0.3) is 11.6 Å². The molecule has 0 heterocycles. The number of amides is 1. The number of nitrogens with one attached hydrogen (secondary N) is 1. The van der Waals surface area contributed by atoms with E-state index in [0.717, 1.165) is 11.1 Å². The van der Waals surface area contributed by atoms with Gasteiger partial charge in [-0.3, -0.25) is 14.9 Å². The summed E-state index contributed by atoms with van der Waals surface area (Å²) in [5, 5.41) is 14.8. The van der Waals surface area contributed by atoms with Crippen molar-refractivity contribution in [1.82, 2.24) is 5.43 Å². The first-order valence-electron chi connectivity index (χ1n) is 7.32. The predicted octanol–water partition coefficient (Wildman–Crippen LogP) is 3.39. The highest BCUT2D eigenvalue weighted by Crippen LogP contribution is 2.20. The highest BCUT2D eigenvalue weighted by molar-refractivity contribution is 6.33. The molecule has 0 spiro atoms.